The van der Waals surface area contributed by atoms with Crippen molar-refractivity contribution in [2.75, 3.05) is 19.6 Å². The van der Waals surface area contributed by atoms with Gasteiger partial charge in [-0.25, -0.2) is 0 Å². The molecule has 2 atom stereocenters. The first-order valence-electron chi connectivity index (χ1n) is 7.82. The lowest BCUT2D eigenvalue weighted by molar-refractivity contribution is 0.130. The summed E-state index contributed by atoms with van der Waals surface area (Å²) in [5, 5.41) is 0. The van der Waals surface area contributed by atoms with Crippen LogP contribution in [0.2, 0.25) is 0 Å². The van der Waals surface area contributed by atoms with Gasteiger partial charge in [-0.2, -0.15) is 0 Å². The van der Waals surface area contributed by atoms with Crippen LogP contribution < -0.4 is 5.73 Å². The third kappa shape index (κ3) is 5.71. The van der Waals surface area contributed by atoms with Gasteiger partial charge in [-0.15, -0.1) is 0 Å². The molecule has 2 N–H and O–H groups in total. The predicted octanol–water partition coefficient (Wildman–Crippen LogP) is 3.51. The van der Waals surface area contributed by atoms with Gasteiger partial charge in [0.15, 0.2) is 0 Å². The molecule has 0 aromatic heterocycles. The summed E-state index contributed by atoms with van der Waals surface area (Å²) < 4.78 is 0. The van der Waals surface area contributed by atoms with Crippen molar-refractivity contribution in [1.29, 1.82) is 0 Å². The molecule has 1 aliphatic rings. The van der Waals surface area contributed by atoms with Gasteiger partial charge in [0.1, 0.15) is 0 Å². The molecule has 0 aromatic rings. The second kappa shape index (κ2) is 6.91. The van der Waals surface area contributed by atoms with Crippen LogP contribution in [0.15, 0.2) is 0 Å². The van der Waals surface area contributed by atoms with Gasteiger partial charge in [-0.3, -0.25) is 0 Å². The third-order valence-electron chi connectivity index (χ3n) is 3.91. The van der Waals surface area contributed by atoms with Crippen LogP contribution in [0.1, 0.15) is 60.3 Å². The van der Waals surface area contributed by atoms with E-state index in [4.69, 9.17) is 5.73 Å². The smallest absolute Gasteiger partial charge is 0.0285 e. The molecule has 0 aliphatic heterocycles. The van der Waals surface area contributed by atoms with E-state index in [0.29, 0.717) is 0 Å². The SMILES string of the molecule is CC(C)CN(CC(C)C)CC1(N)CCCC(C)C1. The molecule has 18 heavy (non-hydrogen) atoms. The molecule has 0 saturated heterocycles. The largest absolute Gasteiger partial charge is 0.324 e. The van der Waals surface area contributed by atoms with E-state index in [1.54, 1.807) is 0 Å². The Balaban J connectivity index is 2.57. The zero-order valence-corrected chi connectivity index (χ0v) is 13.2. The minimum absolute atomic E-state index is 0.0709. The molecule has 108 valence electrons. The highest BCUT2D eigenvalue weighted by Crippen LogP contribution is 2.31. The highest BCUT2D eigenvalue weighted by atomic mass is 15.1. The minimum Gasteiger partial charge on any atom is -0.324 e. The summed E-state index contributed by atoms with van der Waals surface area (Å²) in [5.41, 5.74) is 6.73. The van der Waals surface area contributed by atoms with Crippen molar-refractivity contribution < 1.29 is 0 Å². The molecule has 0 spiro atoms. The van der Waals surface area contributed by atoms with Crippen molar-refractivity contribution in [1.82, 2.24) is 4.90 Å². The first kappa shape index (κ1) is 16.0. The van der Waals surface area contributed by atoms with Crippen LogP contribution in [0, 0.1) is 17.8 Å². The van der Waals surface area contributed by atoms with Crippen molar-refractivity contribution >= 4 is 0 Å². The molecule has 0 amide bonds. The van der Waals surface area contributed by atoms with E-state index in [9.17, 15) is 0 Å². The normalized spacial score (nSPS) is 29.5. The maximum absolute atomic E-state index is 6.66. The standard InChI is InChI=1S/C16H34N2/c1-13(2)10-18(11-14(3)4)12-16(17)8-6-7-15(5)9-16/h13-15H,6-12,17H2,1-5H3. The van der Waals surface area contributed by atoms with Crippen LogP contribution in [-0.4, -0.2) is 30.1 Å². The van der Waals surface area contributed by atoms with E-state index in [-0.39, 0.29) is 5.54 Å². The van der Waals surface area contributed by atoms with Crippen molar-refractivity contribution in [3.8, 4) is 0 Å². The minimum atomic E-state index is 0.0709. The Bertz CT molecular complexity index is 227. The molecular weight excluding hydrogens is 220 g/mol. The average Bonchev–Trinajstić information content (AvgIpc) is 2.13. The molecule has 1 rings (SSSR count). The van der Waals surface area contributed by atoms with Gasteiger partial charge in [0.2, 0.25) is 0 Å². The Morgan fingerprint density at radius 2 is 1.72 bits per heavy atom. The third-order valence-corrected chi connectivity index (χ3v) is 3.91. The summed E-state index contributed by atoms with van der Waals surface area (Å²) >= 11 is 0. The van der Waals surface area contributed by atoms with E-state index in [0.717, 1.165) is 24.3 Å². The van der Waals surface area contributed by atoms with E-state index < -0.39 is 0 Å². The fraction of sp³-hybridized carbons (Fsp3) is 1.00. The fourth-order valence-electron chi connectivity index (χ4n) is 3.53. The Labute approximate surface area is 114 Å². The van der Waals surface area contributed by atoms with Gasteiger partial charge in [0.05, 0.1) is 0 Å². The molecule has 2 nitrogen and oxygen atoms in total. The maximum Gasteiger partial charge on any atom is 0.0285 e. The molecule has 1 saturated carbocycles. The van der Waals surface area contributed by atoms with Gasteiger partial charge in [-0.05, 0) is 30.6 Å². The quantitative estimate of drug-likeness (QED) is 0.786. The molecule has 2 unspecified atom stereocenters. The van der Waals surface area contributed by atoms with Gasteiger partial charge in [0, 0.05) is 25.2 Å². The summed E-state index contributed by atoms with van der Waals surface area (Å²) in [6, 6.07) is 0. The lowest BCUT2D eigenvalue weighted by Crippen LogP contribution is -2.53. The first-order chi connectivity index (χ1) is 8.31. The average molecular weight is 254 g/mol. The van der Waals surface area contributed by atoms with Crippen molar-refractivity contribution in [3.05, 3.63) is 0 Å². The second-order valence-corrected chi connectivity index (χ2v) is 7.55. The summed E-state index contributed by atoms with van der Waals surface area (Å²) in [6.07, 6.45) is 5.10. The molecule has 0 heterocycles. The first-order valence-corrected chi connectivity index (χ1v) is 7.82. The molecular formula is C16H34N2. The van der Waals surface area contributed by atoms with E-state index in [2.05, 4.69) is 39.5 Å². The number of nitrogens with zero attached hydrogens (tertiary/aromatic N) is 1. The van der Waals surface area contributed by atoms with Gasteiger partial charge in [0.25, 0.3) is 0 Å². The highest BCUT2D eigenvalue weighted by Gasteiger charge is 2.32. The number of nitrogens with two attached hydrogens (primary N) is 1. The summed E-state index contributed by atoms with van der Waals surface area (Å²) in [6.45, 7) is 15.0. The Hall–Kier alpha value is -0.0800. The summed E-state index contributed by atoms with van der Waals surface area (Å²) in [5.74, 6) is 2.27. The van der Waals surface area contributed by atoms with Gasteiger partial charge >= 0.3 is 0 Å². The lowest BCUT2D eigenvalue weighted by Gasteiger charge is -2.41. The van der Waals surface area contributed by atoms with Crippen LogP contribution in [0.3, 0.4) is 0 Å². The maximum atomic E-state index is 6.66. The Kier molecular flexibility index (Phi) is 6.13. The Morgan fingerprint density at radius 3 is 2.17 bits per heavy atom. The van der Waals surface area contributed by atoms with Crippen LogP contribution >= 0.6 is 0 Å². The number of hydrogen-bond donors (Lipinski definition) is 1. The molecule has 1 aliphatic carbocycles. The van der Waals surface area contributed by atoms with Gasteiger partial charge < -0.3 is 10.6 Å². The topological polar surface area (TPSA) is 29.3 Å². The zero-order valence-electron chi connectivity index (χ0n) is 13.2. The molecule has 0 aromatic carbocycles. The van der Waals surface area contributed by atoms with Crippen LogP contribution in [0.25, 0.3) is 0 Å². The zero-order chi connectivity index (χ0) is 13.8. The summed E-state index contributed by atoms with van der Waals surface area (Å²) in [7, 11) is 0. The van der Waals surface area contributed by atoms with Crippen molar-refractivity contribution in [2.24, 2.45) is 23.5 Å². The summed E-state index contributed by atoms with van der Waals surface area (Å²) in [4.78, 5) is 2.60. The van der Waals surface area contributed by atoms with Crippen LogP contribution in [0.5, 0.6) is 0 Å². The van der Waals surface area contributed by atoms with Crippen LogP contribution in [0.4, 0.5) is 0 Å². The highest BCUT2D eigenvalue weighted by molar-refractivity contribution is 4.92. The van der Waals surface area contributed by atoms with Crippen molar-refractivity contribution in [2.45, 2.75) is 65.8 Å². The molecule has 0 bridgehead atoms. The number of rotatable bonds is 6. The van der Waals surface area contributed by atoms with E-state index in [1.807, 2.05) is 0 Å². The molecule has 2 heteroatoms. The van der Waals surface area contributed by atoms with E-state index >= 15 is 0 Å². The lowest BCUT2D eigenvalue weighted by atomic mass is 9.76. The van der Waals surface area contributed by atoms with Crippen molar-refractivity contribution in [3.63, 3.8) is 0 Å². The fourth-order valence-corrected chi connectivity index (χ4v) is 3.53. The Morgan fingerprint density at radius 1 is 1.17 bits per heavy atom. The van der Waals surface area contributed by atoms with Gasteiger partial charge in [-0.1, -0.05) is 47.5 Å². The molecule has 1 fully saturated rings. The predicted molar refractivity (Wildman–Crippen MR) is 80.7 cm³/mol. The van der Waals surface area contributed by atoms with Crippen LogP contribution in [-0.2, 0) is 0 Å². The molecule has 0 radical (unpaired) electrons. The van der Waals surface area contributed by atoms with E-state index in [1.165, 1.54) is 38.8 Å². The monoisotopic (exact) mass is 254 g/mol. The number of hydrogen-bond acceptors (Lipinski definition) is 2. The second-order valence-electron chi connectivity index (χ2n) is 7.55.